The molecule has 0 radical (unpaired) electrons. The van der Waals surface area contributed by atoms with E-state index in [4.69, 9.17) is 18.9 Å². The van der Waals surface area contributed by atoms with E-state index < -0.39 is 12.2 Å². The highest BCUT2D eigenvalue weighted by atomic mass is 16.6. The molecule has 1 saturated carbocycles. The predicted octanol–water partition coefficient (Wildman–Crippen LogP) is 4.91. The Hall–Kier alpha value is -2.70. The molecule has 0 bridgehead atoms. The summed E-state index contributed by atoms with van der Waals surface area (Å²) in [6, 6.07) is 27.8. The second kappa shape index (κ2) is 12.0. The van der Waals surface area contributed by atoms with Crippen LogP contribution in [-0.2, 0) is 34.0 Å². The molecule has 1 fully saturated rings. The normalized spacial score (nSPS) is 22.7. The highest BCUT2D eigenvalue weighted by Crippen LogP contribution is 2.29. The molecular weight excluding hydrogens is 416 g/mol. The number of hydrogen-bond donors (Lipinski definition) is 1. The molecule has 4 atom stereocenters. The molecule has 1 aliphatic carbocycles. The summed E-state index contributed by atoms with van der Waals surface area (Å²) in [5.41, 5.74) is 3.20. The van der Waals surface area contributed by atoms with Gasteiger partial charge in [-0.15, -0.1) is 0 Å². The molecule has 0 saturated heterocycles. The SMILES string of the molecule is COc1ccc(COC2[C@H](O)C(OCc3ccccc3)CC[C@@H]2OCc2ccccc2)cc1. The average Bonchev–Trinajstić information content (AvgIpc) is 2.88. The third kappa shape index (κ3) is 6.65. The molecule has 1 N–H and O–H groups in total. The van der Waals surface area contributed by atoms with Crippen LogP contribution in [0.1, 0.15) is 29.5 Å². The quantitative estimate of drug-likeness (QED) is 0.478. The number of aliphatic hydroxyl groups is 1. The fourth-order valence-electron chi connectivity index (χ4n) is 4.13. The van der Waals surface area contributed by atoms with Gasteiger partial charge in [-0.25, -0.2) is 0 Å². The molecule has 0 heterocycles. The third-order valence-electron chi connectivity index (χ3n) is 6.03. The van der Waals surface area contributed by atoms with Crippen molar-refractivity contribution in [1.82, 2.24) is 0 Å². The minimum Gasteiger partial charge on any atom is -0.497 e. The molecule has 3 aromatic rings. The first-order valence-electron chi connectivity index (χ1n) is 11.5. The van der Waals surface area contributed by atoms with Crippen molar-refractivity contribution < 1.29 is 24.1 Å². The van der Waals surface area contributed by atoms with E-state index in [1.165, 1.54) is 0 Å². The van der Waals surface area contributed by atoms with E-state index in [-0.39, 0.29) is 12.2 Å². The van der Waals surface area contributed by atoms with Crippen molar-refractivity contribution in [2.45, 2.75) is 57.1 Å². The number of benzene rings is 3. The van der Waals surface area contributed by atoms with Gasteiger partial charge in [0, 0.05) is 0 Å². The molecule has 1 aliphatic rings. The standard InChI is InChI=1S/C28H32O5/c1-30-24-14-12-23(13-15-24)20-33-28-26(32-19-22-10-6-3-7-11-22)17-16-25(27(28)29)31-18-21-8-4-2-5-9-21/h2-15,25-29H,16-20H2,1H3/t25?,26-,27+,28?/m0/s1. The fraction of sp³-hybridized carbons (Fsp3) is 0.357. The van der Waals surface area contributed by atoms with E-state index in [0.29, 0.717) is 19.8 Å². The Balaban J connectivity index is 1.41. The van der Waals surface area contributed by atoms with E-state index in [0.717, 1.165) is 35.3 Å². The second-order valence-electron chi connectivity index (χ2n) is 8.36. The highest BCUT2D eigenvalue weighted by Gasteiger charge is 2.40. The summed E-state index contributed by atoms with van der Waals surface area (Å²) < 4.78 is 23.8. The lowest BCUT2D eigenvalue weighted by Crippen LogP contribution is -2.52. The number of ether oxygens (including phenoxy) is 4. The summed E-state index contributed by atoms with van der Waals surface area (Å²) >= 11 is 0. The zero-order valence-electron chi connectivity index (χ0n) is 19.0. The topological polar surface area (TPSA) is 57.2 Å². The third-order valence-corrected chi connectivity index (χ3v) is 6.03. The van der Waals surface area contributed by atoms with Gasteiger partial charge >= 0.3 is 0 Å². The van der Waals surface area contributed by atoms with E-state index in [1.54, 1.807) is 7.11 Å². The van der Waals surface area contributed by atoms with Crippen LogP contribution < -0.4 is 4.74 Å². The van der Waals surface area contributed by atoms with Crippen molar-refractivity contribution in [1.29, 1.82) is 0 Å². The van der Waals surface area contributed by atoms with Gasteiger partial charge < -0.3 is 24.1 Å². The smallest absolute Gasteiger partial charge is 0.118 e. The van der Waals surface area contributed by atoms with Crippen molar-refractivity contribution in [2.75, 3.05) is 7.11 Å². The molecule has 174 valence electrons. The first kappa shape index (κ1) is 23.5. The zero-order chi connectivity index (χ0) is 22.9. The summed E-state index contributed by atoms with van der Waals surface area (Å²) in [7, 11) is 1.65. The van der Waals surface area contributed by atoms with Crippen molar-refractivity contribution in [3.05, 3.63) is 102 Å². The van der Waals surface area contributed by atoms with Gasteiger partial charge in [0.25, 0.3) is 0 Å². The highest BCUT2D eigenvalue weighted by molar-refractivity contribution is 5.26. The summed E-state index contributed by atoms with van der Waals surface area (Å²) in [6.07, 6.45) is -0.295. The van der Waals surface area contributed by atoms with Gasteiger partial charge in [-0.2, -0.15) is 0 Å². The van der Waals surface area contributed by atoms with E-state index in [1.807, 2.05) is 84.9 Å². The molecule has 0 aliphatic heterocycles. The maximum atomic E-state index is 11.2. The molecule has 0 aromatic heterocycles. The molecule has 4 rings (SSSR count). The van der Waals surface area contributed by atoms with Crippen LogP contribution in [0.5, 0.6) is 5.75 Å². The monoisotopic (exact) mass is 448 g/mol. The molecule has 5 nitrogen and oxygen atoms in total. The van der Waals surface area contributed by atoms with Crippen LogP contribution in [0.2, 0.25) is 0 Å². The van der Waals surface area contributed by atoms with E-state index in [9.17, 15) is 5.11 Å². The fourth-order valence-corrected chi connectivity index (χ4v) is 4.13. The van der Waals surface area contributed by atoms with Crippen LogP contribution in [0, 0.1) is 0 Å². The Labute approximate surface area is 195 Å². The van der Waals surface area contributed by atoms with Gasteiger partial charge in [-0.3, -0.25) is 0 Å². The summed E-state index contributed by atoms with van der Waals surface area (Å²) in [4.78, 5) is 0. The molecule has 2 unspecified atom stereocenters. The molecule has 0 amide bonds. The lowest BCUT2D eigenvalue weighted by atomic mass is 9.89. The lowest BCUT2D eigenvalue weighted by Gasteiger charge is -2.40. The summed E-state index contributed by atoms with van der Waals surface area (Å²) in [6.45, 7) is 1.32. The molecule has 33 heavy (non-hydrogen) atoms. The summed E-state index contributed by atoms with van der Waals surface area (Å²) in [5, 5.41) is 11.2. The van der Waals surface area contributed by atoms with Crippen LogP contribution in [0.4, 0.5) is 0 Å². The van der Waals surface area contributed by atoms with Crippen LogP contribution in [0.3, 0.4) is 0 Å². The van der Waals surface area contributed by atoms with E-state index >= 15 is 0 Å². The Bertz CT molecular complexity index is 945. The van der Waals surface area contributed by atoms with Gasteiger partial charge in [-0.1, -0.05) is 72.8 Å². The van der Waals surface area contributed by atoms with Gasteiger partial charge in [0.1, 0.15) is 18.0 Å². The number of rotatable bonds is 10. The second-order valence-corrected chi connectivity index (χ2v) is 8.36. The largest absolute Gasteiger partial charge is 0.497 e. The maximum Gasteiger partial charge on any atom is 0.118 e. The Kier molecular flexibility index (Phi) is 8.50. The van der Waals surface area contributed by atoms with Crippen molar-refractivity contribution in [2.24, 2.45) is 0 Å². The molecule has 5 heteroatoms. The predicted molar refractivity (Wildman–Crippen MR) is 127 cm³/mol. The van der Waals surface area contributed by atoms with Gasteiger partial charge in [0.2, 0.25) is 0 Å². The van der Waals surface area contributed by atoms with E-state index in [2.05, 4.69) is 0 Å². The van der Waals surface area contributed by atoms with Gasteiger partial charge in [0.15, 0.2) is 0 Å². The Morgan fingerprint density at radius 2 is 1.12 bits per heavy atom. The Morgan fingerprint density at radius 3 is 1.70 bits per heavy atom. The minimum atomic E-state index is -0.776. The Morgan fingerprint density at radius 1 is 0.636 bits per heavy atom. The van der Waals surface area contributed by atoms with Crippen molar-refractivity contribution in [3.63, 3.8) is 0 Å². The first-order valence-corrected chi connectivity index (χ1v) is 11.5. The average molecular weight is 449 g/mol. The van der Waals surface area contributed by atoms with Gasteiger partial charge in [0.05, 0.1) is 39.1 Å². The first-order chi connectivity index (χ1) is 16.2. The number of methoxy groups -OCH3 is 1. The van der Waals surface area contributed by atoms with Crippen LogP contribution in [-0.4, -0.2) is 36.6 Å². The maximum absolute atomic E-state index is 11.2. The lowest BCUT2D eigenvalue weighted by molar-refractivity contribution is -0.194. The van der Waals surface area contributed by atoms with Gasteiger partial charge in [-0.05, 0) is 41.7 Å². The van der Waals surface area contributed by atoms with Crippen molar-refractivity contribution in [3.8, 4) is 5.75 Å². The molecule has 3 aromatic carbocycles. The van der Waals surface area contributed by atoms with Crippen LogP contribution in [0.15, 0.2) is 84.9 Å². The van der Waals surface area contributed by atoms with Crippen LogP contribution >= 0.6 is 0 Å². The zero-order valence-corrected chi connectivity index (χ0v) is 19.0. The minimum absolute atomic E-state index is 0.213. The number of aliphatic hydroxyl groups excluding tert-OH is 1. The molecule has 0 spiro atoms. The van der Waals surface area contributed by atoms with Crippen LogP contribution in [0.25, 0.3) is 0 Å². The van der Waals surface area contributed by atoms with Crippen molar-refractivity contribution >= 4 is 0 Å². The molecular formula is C28H32O5. The summed E-state index contributed by atoms with van der Waals surface area (Å²) in [5.74, 6) is 0.801. The number of hydrogen-bond acceptors (Lipinski definition) is 5.